The molecule has 4 rings (SSSR count). The number of fused-ring (bicyclic) bond motifs is 1. The van der Waals surface area contributed by atoms with Crippen LogP contribution in [0, 0.1) is 6.92 Å². The summed E-state index contributed by atoms with van der Waals surface area (Å²) in [5.74, 6) is 0. The molecule has 0 aliphatic carbocycles. The summed E-state index contributed by atoms with van der Waals surface area (Å²) in [4.78, 5) is 19.5. The van der Waals surface area contributed by atoms with E-state index < -0.39 is 0 Å². The smallest absolute Gasteiger partial charge is 0.263 e. The first-order valence-corrected chi connectivity index (χ1v) is 10.1. The second-order valence-corrected chi connectivity index (χ2v) is 8.56. The van der Waals surface area contributed by atoms with E-state index in [2.05, 4.69) is 4.98 Å². The van der Waals surface area contributed by atoms with Gasteiger partial charge in [0.2, 0.25) is 0 Å². The molecule has 0 aliphatic rings. The number of aryl methyl sites for hydroxylation is 1. The maximum Gasteiger partial charge on any atom is 0.263 e. The van der Waals surface area contributed by atoms with Crippen LogP contribution in [0.4, 0.5) is 0 Å². The maximum atomic E-state index is 13.2. The van der Waals surface area contributed by atoms with Gasteiger partial charge >= 0.3 is 0 Å². The monoisotopic (exact) mass is 434 g/mol. The van der Waals surface area contributed by atoms with Crippen LogP contribution in [-0.2, 0) is 6.54 Å². The van der Waals surface area contributed by atoms with Gasteiger partial charge < -0.3 is 0 Å². The third kappa shape index (κ3) is 3.39. The molecule has 0 aliphatic heterocycles. The van der Waals surface area contributed by atoms with Crippen molar-refractivity contribution in [3.05, 3.63) is 84.7 Å². The molecule has 4 aromatic rings. The van der Waals surface area contributed by atoms with E-state index in [9.17, 15) is 4.79 Å². The molecule has 0 saturated carbocycles. The molecule has 0 N–H and O–H groups in total. The van der Waals surface area contributed by atoms with Crippen LogP contribution >= 0.6 is 46.1 Å². The normalized spacial score (nSPS) is 11.3. The van der Waals surface area contributed by atoms with Gasteiger partial charge in [0, 0.05) is 31.1 Å². The first-order chi connectivity index (χ1) is 13.0. The molecular formula is C20H13Cl3N2OS. The predicted molar refractivity (Wildman–Crippen MR) is 115 cm³/mol. The van der Waals surface area contributed by atoms with E-state index in [-0.39, 0.29) is 12.1 Å². The van der Waals surface area contributed by atoms with Gasteiger partial charge in [-0.3, -0.25) is 9.36 Å². The molecule has 0 saturated heterocycles. The van der Waals surface area contributed by atoms with Gasteiger partial charge in [0.1, 0.15) is 4.83 Å². The summed E-state index contributed by atoms with van der Waals surface area (Å²) >= 11 is 20.1. The van der Waals surface area contributed by atoms with Crippen LogP contribution in [0.2, 0.25) is 15.1 Å². The van der Waals surface area contributed by atoms with Crippen molar-refractivity contribution in [3.63, 3.8) is 0 Å². The molecule has 0 bridgehead atoms. The standard InChI is InChI=1S/C20H13Cl3N2OS/c1-11-17(12-5-3-2-4-6-12)18-19(27-11)24-10-25(20(18)26)9-14-15(22)7-13(21)8-16(14)23/h2-8,10H,9H2,1H3. The van der Waals surface area contributed by atoms with Gasteiger partial charge in [0.15, 0.2) is 0 Å². The molecule has 2 aromatic heterocycles. The van der Waals surface area contributed by atoms with E-state index in [1.807, 2.05) is 37.3 Å². The molecule has 136 valence electrons. The Morgan fingerprint density at radius 2 is 1.74 bits per heavy atom. The number of aromatic nitrogens is 2. The highest BCUT2D eigenvalue weighted by Crippen LogP contribution is 2.35. The molecule has 0 amide bonds. The van der Waals surface area contributed by atoms with E-state index >= 15 is 0 Å². The Kier molecular flexibility index (Phi) is 4.99. The van der Waals surface area contributed by atoms with Crippen molar-refractivity contribution in [2.24, 2.45) is 0 Å². The summed E-state index contributed by atoms with van der Waals surface area (Å²) < 4.78 is 1.53. The molecule has 7 heteroatoms. The zero-order chi connectivity index (χ0) is 19.1. The molecule has 3 nitrogen and oxygen atoms in total. The average Bonchev–Trinajstić information content (AvgIpc) is 2.97. The van der Waals surface area contributed by atoms with E-state index in [0.717, 1.165) is 20.8 Å². The number of hydrogen-bond acceptors (Lipinski definition) is 3. The number of nitrogens with zero attached hydrogens (tertiary/aromatic N) is 2. The molecule has 0 atom stereocenters. The van der Waals surface area contributed by atoms with Crippen LogP contribution in [0.3, 0.4) is 0 Å². The van der Waals surface area contributed by atoms with E-state index in [1.165, 1.54) is 22.2 Å². The Morgan fingerprint density at radius 3 is 2.41 bits per heavy atom. The van der Waals surface area contributed by atoms with Crippen LogP contribution in [0.5, 0.6) is 0 Å². The van der Waals surface area contributed by atoms with Crippen molar-refractivity contribution in [2.45, 2.75) is 13.5 Å². The third-order valence-electron chi connectivity index (χ3n) is 4.35. The van der Waals surface area contributed by atoms with Gasteiger partial charge in [-0.2, -0.15) is 0 Å². The first-order valence-electron chi connectivity index (χ1n) is 8.13. The van der Waals surface area contributed by atoms with E-state index in [0.29, 0.717) is 26.0 Å². The zero-order valence-electron chi connectivity index (χ0n) is 14.2. The molecule has 0 radical (unpaired) electrons. The lowest BCUT2D eigenvalue weighted by Crippen LogP contribution is -2.21. The summed E-state index contributed by atoms with van der Waals surface area (Å²) in [5.41, 5.74) is 2.45. The van der Waals surface area contributed by atoms with Gasteiger partial charge in [0.05, 0.1) is 18.3 Å². The lowest BCUT2D eigenvalue weighted by atomic mass is 10.0. The predicted octanol–water partition coefficient (Wildman–Crippen LogP) is 6.44. The van der Waals surface area contributed by atoms with Crippen LogP contribution in [0.15, 0.2) is 53.6 Å². The Balaban J connectivity index is 1.90. The summed E-state index contributed by atoms with van der Waals surface area (Å²) in [5, 5.41) is 1.91. The molecule has 27 heavy (non-hydrogen) atoms. The fourth-order valence-corrected chi connectivity index (χ4v) is 5.04. The van der Waals surface area contributed by atoms with Gasteiger partial charge in [-0.1, -0.05) is 65.1 Å². The van der Waals surface area contributed by atoms with Gasteiger partial charge in [-0.05, 0) is 24.6 Å². The fourth-order valence-electron chi connectivity index (χ4n) is 3.10. The van der Waals surface area contributed by atoms with Crippen molar-refractivity contribution >= 4 is 56.4 Å². The Hall–Kier alpha value is -1.85. The number of benzene rings is 2. The van der Waals surface area contributed by atoms with Gasteiger partial charge in [-0.25, -0.2) is 4.98 Å². The Labute approximate surface area is 174 Å². The largest absolute Gasteiger partial charge is 0.294 e. The topological polar surface area (TPSA) is 34.9 Å². The molecular weight excluding hydrogens is 423 g/mol. The third-order valence-corrected chi connectivity index (χ3v) is 6.26. The SMILES string of the molecule is Cc1sc2ncn(Cc3c(Cl)cc(Cl)cc3Cl)c(=O)c2c1-c1ccccc1. The van der Waals surface area contributed by atoms with Crippen molar-refractivity contribution in [1.82, 2.24) is 9.55 Å². The number of hydrogen-bond donors (Lipinski definition) is 0. The second-order valence-electron chi connectivity index (χ2n) is 6.11. The average molecular weight is 436 g/mol. The van der Waals surface area contributed by atoms with Crippen molar-refractivity contribution < 1.29 is 0 Å². The molecule has 0 unspecified atom stereocenters. The van der Waals surface area contributed by atoms with E-state index in [4.69, 9.17) is 34.8 Å². The van der Waals surface area contributed by atoms with Crippen molar-refractivity contribution in [2.75, 3.05) is 0 Å². The zero-order valence-corrected chi connectivity index (χ0v) is 17.3. The van der Waals surface area contributed by atoms with E-state index in [1.54, 1.807) is 12.1 Å². The van der Waals surface area contributed by atoms with Crippen LogP contribution < -0.4 is 5.56 Å². The highest BCUT2D eigenvalue weighted by Gasteiger charge is 2.18. The fraction of sp³-hybridized carbons (Fsp3) is 0.100. The quantitative estimate of drug-likeness (QED) is 0.371. The summed E-state index contributed by atoms with van der Waals surface area (Å²) in [6, 6.07) is 13.1. The maximum absolute atomic E-state index is 13.2. The summed E-state index contributed by atoms with van der Waals surface area (Å²) in [6.07, 6.45) is 1.54. The van der Waals surface area contributed by atoms with Gasteiger partial charge in [-0.15, -0.1) is 11.3 Å². The first kappa shape index (κ1) is 18.5. The number of thiophene rings is 1. The highest BCUT2D eigenvalue weighted by atomic mass is 35.5. The minimum atomic E-state index is -0.120. The molecule has 2 heterocycles. The number of rotatable bonds is 3. The van der Waals surface area contributed by atoms with Crippen LogP contribution in [0.1, 0.15) is 10.4 Å². The Morgan fingerprint density at radius 1 is 1.07 bits per heavy atom. The van der Waals surface area contributed by atoms with Crippen LogP contribution in [0.25, 0.3) is 21.3 Å². The van der Waals surface area contributed by atoms with Crippen molar-refractivity contribution in [1.29, 1.82) is 0 Å². The highest BCUT2D eigenvalue weighted by molar-refractivity contribution is 7.19. The minimum Gasteiger partial charge on any atom is -0.294 e. The summed E-state index contributed by atoms with van der Waals surface area (Å²) in [7, 11) is 0. The van der Waals surface area contributed by atoms with Gasteiger partial charge in [0.25, 0.3) is 5.56 Å². The van der Waals surface area contributed by atoms with Crippen LogP contribution in [-0.4, -0.2) is 9.55 Å². The molecule has 2 aromatic carbocycles. The molecule has 0 spiro atoms. The lowest BCUT2D eigenvalue weighted by Gasteiger charge is -2.10. The Bertz CT molecular complexity index is 1190. The lowest BCUT2D eigenvalue weighted by molar-refractivity contribution is 0.750. The number of halogens is 3. The summed E-state index contributed by atoms with van der Waals surface area (Å²) in [6.45, 7) is 2.23. The van der Waals surface area contributed by atoms with Crippen molar-refractivity contribution in [3.8, 4) is 11.1 Å². The minimum absolute atomic E-state index is 0.120. The molecule has 0 fully saturated rings. The second kappa shape index (κ2) is 7.28.